The third kappa shape index (κ3) is 62.7. The molecule has 0 spiro atoms. The Labute approximate surface area is 432 Å². The molecule has 0 aromatic carbocycles. The first kappa shape index (κ1) is 101. The third-order valence-electron chi connectivity index (χ3n) is 7.98. The van der Waals surface area contributed by atoms with E-state index in [1.165, 1.54) is 34.6 Å². The molecular weight excluding hydrogens is 1180 g/mol. The molecule has 0 heterocycles. The highest BCUT2D eigenvalue weighted by atomic mass is 19.5. The summed E-state index contributed by atoms with van der Waals surface area (Å²) in [6.07, 6.45) is -47.3. The number of hydrogen-bond donors (Lipinski definition) is 0. The minimum Gasteiger partial charge on any atom is -0.245 e. The second kappa shape index (κ2) is 36.2. The molecular formula is C43H73F35. The van der Waals surface area contributed by atoms with E-state index in [0.29, 0.717) is 19.8 Å². The molecule has 35 heteroatoms. The van der Waals surface area contributed by atoms with E-state index >= 15 is 0 Å². The number of halogens is 35. The van der Waals surface area contributed by atoms with Crippen molar-refractivity contribution in [2.24, 2.45) is 17.3 Å². The van der Waals surface area contributed by atoms with Crippen molar-refractivity contribution in [3.05, 3.63) is 0 Å². The van der Waals surface area contributed by atoms with Crippen LogP contribution in [0.3, 0.4) is 0 Å². The molecule has 0 saturated carbocycles. The van der Waals surface area contributed by atoms with Crippen molar-refractivity contribution in [1.29, 1.82) is 0 Å². The molecule has 0 saturated heterocycles. The van der Waals surface area contributed by atoms with Gasteiger partial charge >= 0.3 is 55.3 Å². The normalized spacial score (nSPS) is 13.8. The zero-order valence-corrected chi connectivity index (χ0v) is 45.1. The predicted molar refractivity (Wildman–Crippen MR) is 227 cm³/mol. The zero-order chi connectivity index (χ0) is 66.9. The molecule has 490 valence electrons. The first-order chi connectivity index (χ1) is 32.0. The highest BCUT2D eigenvalue weighted by Gasteiger charge is 2.80. The lowest BCUT2D eigenvalue weighted by Gasteiger charge is -2.35. The third-order valence-corrected chi connectivity index (χ3v) is 7.98. The van der Waals surface area contributed by atoms with Crippen molar-refractivity contribution >= 4 is 0 Å². The summed E-state index contributed by atoms with van der Waals surface area (Å²) < 4.78 is 397. The average Bonchev–Trinajstić information content (AvgIpc) is 3.07. The summed E-state index contributed by atoms with van der Waals surface area (Å²) in [5.74, 6) is -9.97. The summed E-state index contributed by atoms with van der Waals surface area (Å²) in [6, 6.07) is 0. The molecule has 78 heavy (non-hydrogen) atoms. The number of rotatable bonds is 4. The molecule has 1 atom stereocenters. The van der Waals surface area contributed by atoms with Crippen LogP contribution in [-0.2, 0) is 0 Å². The van der Waals surface area contributed by atoms with Crippen LogP contribution in [0.25, 0.3) is 0 Å². The molecule has 0 rings (SSSR count). The van der Waals surface area contributed by atoms with E-state index in [2.05, 4.69) is 0 Å². The molecule has 1 unspecified atom stereocenters. The molecule has 0 fully saturated rings. The van der Waals surface area contributed by atoms with Crippen LogP contribution in [0.15, 0.2) is 0 Å². The highest BCUT2D eigenvalue weighted by Crippen LogP contribution is 2.59. The lowest BCUT2D eigenvalue weighted by Crippen LogP contribution is -2.57. The number of hydrogen-bond acceptors (Lipinski definition) is 0. The fourth-order valence-electron chi connectivity index (χ4n) is 0.893. The summed E-state index contributed by atoms with van der Waals surface area (Å²) in [4.78, 5) is 0. The maximum Gasteiger partial charge on any atom is 0.452 e. The van der Waals surface area contributed by atoms with E-state index in [1.807, 2.05) is 27.7 Å². The minimum atomic E-state index is -6.43. The van der Waals surface area contributed by atoms with Gasteiger partial charge in [0.05, 0.1) is 0 Å². The topological polar surface area (TPSA) is 0 Å². The van der Waals surface area contributed by atoms with Gasteiger partial charge in [-0.3, -0.25) is 0 Å². The fourth-order valence-corrected chi connectivity index (χ4v) is 0.893. The largest absolute Gasteiger partial charge is 0.452 e. The van der Waals surface area contributed by atoms with Crippen LogP contribution < -0.4 is 0 Å². The smallest absolute Gasteiger partial charge is 0.245 e. The molecule has 0 N–H and O–H groups in total. The monoisotopic (exact) mass is 1250 g/mol. The van der Waals surface area contributed by atoms with Crippen LogP contribution in [0.2, 0.25) is 0 Å². The lowest BCUT2D eigenvalue weighted by atomic mass is 9.88. The molecule has 0 bridgehead atoms. The zero-order valence-electron chi connectivity index (χ0n) is 45.1. The van der Waals surface area contributed by atoms with Gasteiger partial charge in [-0.1, -0.05) is 55.9 Å². The van der Waals surface area contributed by atoms with Crippen LogP contribution in [-0.4, -0.2) is 96.0 Å². The molecule has 0 amide bonds. The van der Waals surface area contributed by atoms with Crippen molar-refractivity contribution in [3.8, 4) is 0 Å². The lowest BCUT2D eigenvalue weighted by molar-refractivity contribution is -0.420. The predicted octanol–water partition coefficient (Wildman–Crippen LogP) is 23.9. The Morgan fingerprint density at radius 2 is 0.462 bits per heavy atom. The maximum atomic E-state index is 12.5. The first-order valence-corrected chi connectivity index (χ1v) is 21.1. The molecule has 0 aliphatic carbocycles. The summed E-state index contributed by atoms with van der Waals surface area (Å²) in [5.41, 5.74) is -13.7. The molecule has 0 aliphatic rings. The van der Waals surface area contributed by atoms with Gasteiger partial charge in [0.25, 0.3) is 11.1 Å². The van der Waals surface area contributed by atoms with Gasteiger partial charge in [0.2, 0.25) is 11.8 Å². The van der Waals surface area contributed by atoms with Gasteiger partial charge in [-0.25, -0.2) is 39.5 Å². The van der Waals surface area contributed by atoms with Gasteiger partial charge in [-0.2, -0.15) is 114 Å². The second-order valence-electron chi connectivity index (χ2n) is 18.5. The van der Waals surface area contributed by atoms with E-state index in [4.69, 9.17) is 0 Å². The molecule has 0 aliphatic heterocycles. The first-order valence-electron chi connectivity index (χ1n) is 21.1. The summed E-state index contributed by atoms with van der Waals surface area (Å²) in [5, 5.41) is 0. The van der Waals surface area contributed by atoms with E-state index < -0.39 is 128 Å². The van der Waals surface area contributed by atoms with Crippen LogP contribution in [0.1, 0.15) is 165 Å². The Morgan fingerprint density at radius 3 is 0.462 bits per heavy atom. The number of alkyl halides is 35. The molecule has 0 radical (unpaired) electrons. The Hall–Kier alpha value is -2.45. The van der Waals surface area contributed by atoms with Gasteiger partial charge in [0.15, 0.2) is 6.17 Å². The van der Waals surface area contributed by atoms with E-state index in [9.17, 15) is 154 Å². The summed E-state index contributed by atoms with van der Waals surface area (Å²) >= 11 is 0. The van der Waals surface area contributed by atoms with Crippen LogP contribution in [0.5, 0.6) is 0 Å². The second-order valence-corrected chi connectivity index (χ2v) is 18.5. The van der Waals surface area contributed by atoms with E-state index in [1.54, 1.807) is 20.8 Å². The van der Waals surface area contributed by atoms with Crippen molar-refractivity contribution in [2.45, 2.75) is 261 Å². The average molecular weight is 1250 g/mol. The van der Waals surface area contributed by atoms with Gasteiger partial charge < -0.3 is 0 Å². The standard InChI is InChI=1S/2C6H13F.C5H3F9.C5H10F2.C4H3F7.C4H9F.C3H3F5.C3H4F4.C3H5F3.C3H6F2.CH4/c1-5(2)6(3,4)7;1-4-6(3,7)5-2;1-2(3(6,7)8,4(9,10)11)5(12,13)14;1-4(2)5(3,6)7;1-2(5,3(6,7)8)4(9,10)11;1-4(2,3)5;1-2(4,5)3(6,7)8;1-2(4)3(5,6)7;1-2-3(4,5)6;1-3(2,4)5;/h5H,1-4H3;4-5H2,1-3H3;1H3;4H,1-3H3;1H3;1-3H3;1H3;2H,1H3;2H2,1H3;1-2H3;1H4. The van der Waals surface area contributed by atoms with Gasteiger partial charge in [0.1, 0.15) is 17.0 Å². The Bertz CT molecular complexity index is 1260. The van der Waals surface area contributed by atoms with Gasteiger partial charge in [0, 0.05) is 19.3 Å². The molecule has 0 aromatic rings. The Morgan fingerprint density at radius 1 is 0.321 bits per heavy atom. The van der Waals surface area contributed by atoms with Crippen molar-refractivity contribution in [3.63, 3.8) is 0 Å². The van der Waals surface area contributed by atoms with Gasteiger partial charge in [-0.05, 0) is 102 Å². The molecule has 0 nitrogen and oxygen atoms in total. The highest BCUT2D eigenvalue weighted by molar-refractivity contribution is 4.95. The van der Waals surface area contributed by atoms with Crippen LogP contribution >= 0.6 is 0 Å². The quantitative estimate of drug-likeness (QED) is 0.246. The van der Waals surface area contributed by atoms with Gasteiger partial charge in [-0.15, -0.1) is 0 Å². The van der Waals surface area contributed by atoms with Crippen LogP contribution in [0, 0.1) is 17.3 Å². The van der Waals surface area contributed by atoms with Crippen LogP contribution in [0.4, 0.5) is 154 Å². The summed E-state index contributed by atoms with van der Waals surface area (Å²) in [6.45, 7) is 22.4. The minimum absolute atomic E-state index is 0. The van der Waals surface area contributed by atoms with Crippen molar-refractivity contribution in [1.82, 2.24) is 0 Å². The van der Waals surface area contributed by atoms with Crippen molar-refractivity contribution < 1.29 is 154 Å². The SMILES string of the molecule is C.CC(C(F)(F)F)(C(F)(F)F)C(F)(F)F.CC(C)(C)F.CC(C)(F)F.CC(C)C(C)(C)F.CC(C)C(C)(F)F.CC(F)(C(F)(F)F)C(F)(F)F.CC(F)(F)C(F)(F)F.CC(F)C(F)(F)F.CCC(C)(F)CC.CCC(F)(F)F. The van der Waals surface area contributed by atoms with Crippen molar-refractivity contribution in [2.75, 3.05) is 0 Å². The fraction of sp³-hybridized carbons (Fsp3) is 1.00. The Kier molecular flexibility index (Phi) is 46.8. The van der Waals surface area contributed by atoms with E-state index in [-0.39, 0.29) is 20.3 Å². The Balaban J connectivity index is -0.0000000722. The summed E-state index contributed by atoms with van der Waals surface area (Å²) in [7, 11) is 0. The molecule has 0 aromatic heterocycles. The van der Waals surface area contributed by atoms with E-state index in [0.717, 1.165) is 27.7 Å². The maximum absolute atomic E-state index is 12.5.